The number of benzene rings is 1. The SMILES string of the molecule is C#CCOc1nc2c(c(=O)n(Cc3ccc(F)cc3)c(=O)n2C)n1C. The topological polar surface area (TPSA) is 71.1 Å². The highest BCUT2D eigenvalue weighted by atomic mass is 19.1. The van der Waals surface area contributed by atoms with Gasteiger partial charge in [0.2, 0.25) is 0 Å². The number of hydrogen-bond acceptors (Lipinski definition) is 4. The van der Waals surface area contributed by atoms with Crippen LogP contribution in [-0.2, 0) is 20.6 Å². The highest BCUT2D eigenvalue weighted by molar-refractivity contribution is 5.71. The molecule has 0 aliphatic carbocycles. The van der Waals surface area contributed by atoms with Crippen molar-refractivity contribution in [1.82, 2.24) is 18.7 Å². The number of hydrogen-bond donors (Lipinski definition) is 0. The summed E-state index contributed by atoms with van der Waals surface area (Å²) in [7, 11) is 3.12. The minimum atomic E-state index is -0.525. The van der Waals surface area contributed by atoms with E-state index in [1.54, 1.807) is 7.05 Å². The summed E-state index contributed by atoms with van der Waals surface area (Å²) in [5.41, 5.74) is 0.0263. The second-order valence-corrected chi connectivity index (χ2v) is 5.48. The molecule has 7 nitrogen and oxygen atoms in total. The number of rotatable bonds is 4. The molecule has 0 bridgehead atoms. The van der Waals surface area contributed by atoms with Crippen molar-refractivity contribution in [3.8, 4) is 18.4 Å². The summed E-state index contributed by atoms with van der Waals surface area (Å²) < 4.78 is 22.1. The van der Waals surface area contributed by atoms with Crippen LogP contribution in [-0.4, -0.2) is 25.3 Å². The first-order valence-corrected chi connectivity index (χ1v) is 7.41. The van der Waals surface area contributed by atoms with Gasteiger partial charge in [-0.1, -0.05) is 18.1 Å². The maximum atomic E-state index is 13.0. The van der Waals surface area contributed by atoms with Gasteiger partial charge in [-0.25, -0.2) is 9.18 Å². The molecule has 0 fully saturated rings. The van der Waals surface area contributed by atoms with Crippen LogP contribution in [0.25, 0.3) is 11.2 Å². The molecule has 1 aromatic carbocycles. The normalized spacial score (nSPS) is 10.8. The van der Waals surface area contributed by atoms with Crippen LogP contribution in [0.4, 0.5) is 4.39 Å². The van der Waals surface area contributed by atoms with Gasteiger partial charge in [-0.15, -0.1) is 6.42 Å². The van der Waals surface area contributed by atoms with Crippen molar-refractivity contribution in [1.29, 1.82) is 0 Å². The number of aryl methyl sites for hydroxylation is 2. The number of nitrogens with zero attached hydrogens (tertiary/aromatic N) is 4. The second kappa shape index (κ2) is 6.28. The molecule has 3 rings (SSSR count). The van der Waals surface area contributed by atoms with Gasteiger partial charge in [0.05, 0.1) is 6.54 Å². The zero-order valence-corrected chi connectivity index (χ0v) is 13.7. The van der Waals surface area contributed by atoms with E-state index in [9.17, 15) is 14.0 Å². The van der Waals surface area contributed by atoms with Crippen LogP contribution < -0.4 is 16.0 Å². The molecule has 0 radical (unpaired) electrons. The molecular weight excluding hydrogens is 327 g/mol. The summed E-state index contributed by atoms with van der Waals surface area (Å²) in [6.07, 6.45) is 5.17. The van der Waals surface area contributed by atoms with E-state index in [0.717, 1.165) is 4.57 Å². The molecule has 2 aromatic heterocycles. The van der Waals surface area contributed by atoms with Crippen molar-refractivity contribution in [2.75, 3.05) is 6.61 Å². The molecular formula is C17H15FN4O3. The summed E-state index contributed by atoms with van der Waals surface area (Å²) in [4.78, 5) is 29.5. The second-order valence-electron chi connectivity index (χ2n) is 5.48. The Morgan fingerprint density at radius 2 is 1.88 bits per heavy atom. The number of terminal acetylenes is 1. The zero-order chi connectivity index (χ0) is 18.1. The fraction of sp³-hybridized carbons (Fsp3) is 0.235. The Balaban J connectivity index is 2.18. The van der Waals surface area contributed by atoms with E-state index >= 15 is 0 Å². The van der Waals surface area contributed by atoms with Crippen molar-refractivity contribution in [2.45, 2.75) is 6.54 Å². The Labute approximate surface area is 141 Å². The van der Waals surface area contributed by atoms with E-state index < -0.39 is 11.2 Å². The Bertz CT molecular complexity index is 1100. The van der Waals surface area contributed by atoms with Crippen LogP contribution in [0.2, 0.25) is 0 Å². The van der Waals surface area contributed by atoms with E-state index in [0.29, 0.717) is 5.56 Å². The van der Waals surface area contributed by atoms with Gasteiger partial charge in [0.1, 0.15) is 5.82 Å². The van der Waals surface area contributed by atoms with Gasteiger partial charge in [0, 0.05) is 14.1 Å². The predicted molar refractivity (Wildman–Crippen MR) is 90.0 cm³/mol. The number of fused-ring (bicyclic) bond motifs is 1. The van der Waals surface area contributed by atoms with Crippen LogP contribution in [0.3, 0.4) is 0 Å². The van der Waals surface area contributed by atoms with Crippen LogP contribution >= 0.6 is 0 Å². The van der Waals surface area contributed by atoms with Crippen molar-refractivity contribution in [3.05, 3.63) is 56.5 Å². The Morgan fingerprint density at radius 1 is 1.20 bits per heavy atom. The van der Waals surface area contributed by atoms with Gasteiger partial charge in [0.25, 0.3) is 11.6 Å². The molecule has 0 unspecified atom stereocenters. The van der Waals surface area contributed by atoms with Crippen LogP contribution in [0.5, 0.6) is 6.01 Å². The predicted octanol–water partition coefficient (Wildman–Crippen LogP) is 0.633. The van der Waals surface area contributed by atoms with E-state index in [2.05, 4.69) is 10.9 Å². The van der Waals surface area contributed by atoms with E-state index in [1.165, 1.54) is 40.4 Å². The Kier molecular flexibility index (Phi) is 4.15. The minimum Gasteiger partial charge on any atom is -0.451 e. The molecule has 3 aromatic rings. The van der Waals surface area contributed by atoms with Gasteiger partial charge in [0.15, 0.2) is 17.8 Å². The minimum absolute atomic E-state index is 0.00508. The van der Waals surface area contributed by atoms with Crippen LogP contribution in [0.15, 0.2) is 33.9 Å². The van der Waals surface area contributed by atoms with E-state index in [4.69, 9.17) is 11.2 Å². The lowest BCUT2D eigenvalue weighted by Gasteiger charge is -2.08. The third kappa shape index (κ3) is 2.80. The molecule has 25 heavy (non-hydrogen) atoms. The summed E-state index contributed by atoms with van der Waals surface area (Å²) >= 11 is 0. The van der Waals surface area contributed by atoms with Crippen molar-refractivity contribution in [3.63, 3.8) is 0 Å². The molecule has 2 heterocycles. The highest BCUT2D eigenvalue weighted by Gasteiger charge is 2.19. The van der Waals surface area contributed by atoms with Crippen LogP contribution in [0.1, 0.15) is 5.56 Å². The average Bonchev–Trinajstić information content (AvgIpc) is 2.93. The Morgan fingerprint density at radius 3 is 2.52 bits per heavy atom. The monoisotopic (exact) mass is 342 g/mol. The first-order chi connectivity index (χ1) is 11.9. The third-order valence-electron chi connectivity index (χ3n) is 3.86. The smallest absolute Gasteiger partial charge is 0.332 e. The number of ether oxygens (including phenoxy) is 1. The molecule has 0 aliphatic heterocycles. The van der Waals surface area contributed by atoms with Crippen molar-refractivity contribution < 1.29 is 9.13 Å². The van der Waals surface area contributed by atoms with E-state index in [-0.39, 0.29) is 36.1 Å². The Hall–Kier alpha value is -3.34. The van der Waals surface area contributed by atoms with E-state index in [1.807, 2.05) is 0 Å². The third-order valence-corrected chi connectivity index (χ3v) is 3.86. The standard InChI is InChI=1S/C17H15FN4O3/c1-4-9-25-16-19-14-13(20(16)2)15(23)22(17(24)21(14)3)10-11-5-7-12(18)8-6-11/h1,5-8H,9-10H2,2-3H3. The molecule has 0 amide bonds. The molecule has 8 heteroatoms. The molecule has 128 valence electrons. The van der Waals surface area contributed by atoms with Crippen LogP contribution in [0, 0.1) is 18.2 Å². The highest BCUT2D eigenvalue weighted by Crippen LogP contribution is 2.15. The van der Waals surface area contributed by atoms with Gasteiger partial charge >= 0.3 is 5.69 Å². The largest absolute Gasteiger partial charge is 0.451 e. The first-order valence-electron chi connectivity index (χ1n) is 7.41. The fourth-order valence-corrected chi connectivity index (χ4v) is 2.57. The van der Waals surface area contributed by atoms with Crippen molar-refractivity contribution in [2.24, 2.45) is 14.1 Å². The summed E-state index contributed by atoms with van der Waals surface area (Å²) in [5, 5.41) is 0. The fourth-order valence-electron chi connectivity index (χ4n) is 2.57. The molecule has 0 saturated carbocycles. The van der Waals surface area contributed by atoms with Gasteiger partial charge in [-0.2, -0.15) is 4.98 Å². The lowest BCUT2D eigenvalue weighted by molar-refractivity contribution is 0.330. The molecule has 0 N–H and O–H groups in total. The first kappa shape index (κ1) is 16.5. The molecule has 0 aliphatic rings. The van der Waals surface area contributed by atoms with Gasteiger partial charge in [-0.05, 0) is 17.7 Å². The maximum Gasteiger partial charge on any atom is 0.332 e. The van der Waals surface area contributed by atoms with Gasteiger partial charge < -0.3 is 4.74 Å². The number of imidazole rings is 1. The maximum absolute atomic E-state index is 13.0. The number of halogens is 1. The van der Waals surface area contributed by atoms with Crippen molar-refractivity contribution >= 4 is 11.2 Å². The summed E-state index contributed by atoms with van der Waals surface area (Å²) in [6, 6.07) is 5.75. The number of aromatic nitrogens is 4. The zero-order valence-electron chi connectivity index (χ0n) is 13.7. The molecule has 0 spiro atoms. The lowest BCUT2D eigenvalue weighted by Crippen LogP contribution is -2.39. The summed E-state index contributed by atoms with van der Waals surface area (Å²) in [6.45, 7) is 0.0162. The average molecular weight is 342 g/mol. The summed E-state index contributed by atoms with van der Waals surface area (Å²) in [5.74, 6) is 1.93. The quantitative estimate of drug-likeness (QED) is 0.652. The lowest BCUT2D eigenvalue weighted by atomic mass is 10.2. The molecule has 0 atom stereocenters. The molecule has 0 saturated heterocycles. The van der Waals surface area contributed by atoms with Gasteiger partial charge in [-0.3, -0.25) is 18.5 Å².